The molecule has 0 spiro atoms. The van der Waals surface area contributed by atoms with Crippen molar-refractivity contribution in [3.8, 4) is 11.8 Å². The first-order valence-corrected chi connectivity index (χ1v) is 11.4. The Morgan fingerprint density at radius 3 is 2.18 bits per heavy atom. The van der Waals surface area contributed by atoms with E-state index in [1.54, 1.807) is 0 Å². The molecular weight excluding hydrogens is 449 g/mol. The Kier molecular flexibility index (Phi) is 6.04. The Labute approximate surface area is 189 Å². The van der Waals surface area contributed by atoms with E-state index in [2.05, 4.69) is 5.10 Å². The fourth-order valence-electron chi connectivity index (χ4n) is 3.44. The monoisotopic (exact) mass is 467 g/mol. The molecule has 1 saturated heterocycles. The van der Waals surface area contributed by atoms with Gasteiger partial charge in [0.05, 0.1) is 22.2 Å². The number of carbonyl (C=O) groups is 1. The van der Waals surface area contributed by atoms with Crippen LogP contribution in [0.2, 0.25) is 0 Å². The van der Waals surface area contributed by atoms with Crippen molar-refractivity contribution < 1.29 is 17.6 Å². The minimum atomic E-state index is -3.76. The molecule has 0 bridgehead atoms. The zero-order valence-corrected chi connectivity index (χ0v) is 18.1. The molecule has 1 aliphatic rings. The van der Waals surface area contributed by atoms with Crippen LogP contribution >= 0.6 is 0 Å². The fraction of sp³-hybridized carbons (Fsp3) is 0.182. The lowest BCUT2D eigenvalue weighted by molar-refractivity contribution is 0.0690. The molecule has 2 aromatic carbocycles. The van der Waals surface area contributed by atoms with Gasteiger partial charge in [-0.05, 0) is 54.6 Å². The smallest absolute Gasteiger partial charge is 0.274 e. The Bertz CT molecular complexity index is 1390. The minimum absolute atomic E-state index is 0.0160. The summed E-state index contributed by atoms with van der Waals surface area (Å²) < 4.78 is 41.2. The van der Waals surface area contributed by atoms with Crippen LogP contribution in [0.25, 0.3) is 5.69 Å². The standard InChI is InChI=1S/C22H18FN5O4S/c23-17-3-5-18(6-4-17)28-21(29)10-9-20(25-28)22(30)26-11-13-27(14-12-26)33(31,32)19-7-1-16(15-24)2-8-19/h1-10H,11-14H2. The Morgan fingerprint density at radius 2 is 1.58 bits per heavy atom. The zero-order valence-electron chi connectivity index (χ0n) is 17.3. The van der Waals surface area contributed by atoms with Gasteiger partial charge in [0.15, 0.2) is 0 Å². The van der Waals surface area contributed by atoms with Crippen molar-refractivity contribution in [3.63, 3.8) is 0 Å². The number of benzene rings is 2. The third kappa shape index (κ3) is 4.52. The molecule has 0 aliphatic carbocycles. The van der Waals surface area contributed by atoms with Crippen LogP contribution in [0.5, 0.6) is 0 Å². The molecule has 1 amide bonds. The first-order chi connectivity index (χ1) is 15.8. The fourth-order valence-corrected chi connectivity index (χ4v) is 4.86. The van der Waals surface area contributed by atoms with Gasteiger partial charge in [0.2, 0.25) is 10.0 Å². The van der Waals surface area contributed by atoms with Crippen molar-refractivity contribution in [2.24, 2.45) is 0 Å². The van der Waals surface area contributed by atoms with E-state index >= 15 is 0 Å². The molecule has 0 unspecified atom stereocenters. The zero-order chi connectivity index (χ0) is 23.6. The summed E-state index contributed by atoms with van der Waals surface area (Å²) in [5.74, 6) is -0.908. The molecule has 0 atom stereocenters. The molecule has 0 radical (unpaired) electrons. The first kappa shape index (κ1) is 22.3. The van der Waals surface area contributed by atoms with Gasteiger partial charge in [-0.15, -0.1) is 0 Å². The normalized spacial score (nSPS) is 14.6. The number of hydrogen-bond donors (Lipinski definition) is 0. The summed E-state index contributed by atoms with van der Waals surface area (Å²) in [7, 11) is -3.76. The number of hydrogen-bond acceptors (Lipinski definition) is 6. The van der Waals surface area contributed by atoms with E-state index in [4.69, 9.17) is 5.26 Å². The lowest BCUT2D eigenvalue weighted by Crippen LogP contribution is -2.50. The van der Waals surface area contributed by atoms with Crippen LogP contribution in [0.1, 0.15) is 16.1 Å². The van der Waals surface area contributed by atoms with Crippen molar-refractivity contribution in [2.45, 2.75) is 4.90 Å². The average molecular weight is 467 g/mol. The SMILES string of the molecule is N#Cc1ccc(S(=O)(=O)N2CCN(C(=O)c3ccc(=O)n(-c4ccc(F)cc4)n3)CC2)cc1. The second-order valence-corrected chi connectivity index (χ2v) is 9.22. The first-order valence-electron chi connectivity index (χ1n) is 9.95. The van der Waals surface area contributed by atoms with Crippen molar-refractivity contribution >= 4 is 15.9 Å². The van der Waals surface area contributed by atoms with Gasteiger partial charge in [-0.25, -0.2) is 12.8 Å². The summed E-state index contributed by atoms with van der Waals surface area (Å²) in [6, 6.07) is 15.2. The third-order valence-corrected chi connectivity index (χ3v) is 7.15. The van der Waals surface area contributed by atoms with Crippen LogP contribution in [0.4, 0.5) is 4.39 Å². The van der Waals surface area contributed by atoms with Crippen LogP contribution in [-0.2, 0) is 10.0 Å². The summed E-state index contributed by atoms with van der Waals surface area (Å²) in [5, 5.41) is 13.0. The lowest BCUT2D eigenvalue weighted by atomic mass is 10.2. The topological polar surface area (TPSA) is 116 Å². The van der Waals surface area contributed by atoms with Crippen molar-refractivity contribution in [1.29, 1.82) is 5.26 Å². The maximum atomic E-state index is 13.2. The Hall–Kier alpha value is -3.88. The number of rotatable bonds is 4. The van der Waals surface area contributed by atoms with E-state index in [0.717, 1.165) is 4.68 Å². The maximum absolute atomic E-state index is 13.2. The molecule has 0 N–H and O–H groups in total. The van der Waals surface area contributed by atoms with Crippen molar-refractivity contribution in [2.75, 3.05) is 26.2 Å². The highest BCUT2D eigenvalue weighted by atomic mass is 32.2. The molecule has 1 fully saturated rings. The van der Waals surface area contributed by atoms with Crippen molar-refractivity contribution in [1.82, 2.24) is 19.0 Å². The lowest BCUT2D eigenvalue weighted by Gasteiger charge is -2.33. The summed E-state index contributed by atoms with van der Waals surface area (Å²) in [6.07, 6.45) is 0. The van der Waals surface area contributed by atoms with Gasteiger partial charge < -0.3 is 4.90 Å². The molecule has 2 heterocycles. The summed E-state index contributed by atoms with van der Waals surface area (Å²) in [4.78, 5) is 26.7. The second-order valence-electron chi connectivity index (χ2n) is 7.28. The highest BCUT2D eigenvalue weighted by molar-refractivity contribution is 7.89. The molecular formula is C22H18FN5O4S. The van der Waals surface area contributed by atoms with Crippen LogP contribution < -0.4 is 5.56 Å². The van der Waals surface area contributed by atoms with E-state index in [1.165, 1.54) is 69.9 Å². The molecule has 33 heavy (non-hydrogen) atoms. The summed E-state index contributed by atoms with van der Waals surface area (Å²) in [5.41, 5.74) is 0.215. The Balaban J connectivity index is 1.48. The molecule has 1 aromatic heterocycles. The number of halogens is 1. The quantitative estimate of drug-likeness (QED) is 0.573. The third-order valence-electron chi connectivity index (χ3n) is 5.24. The van der Waals surface area contributed by atoms with Gasteiger partial charge in [0, 0.05) is 32.2 Å². The molecule has 0 saturated carbocycles. The number of sulfonamides is 1. The van der Waals surface area contributed by atoms with Gasteiger partial charge in [0.25, 0.3) is 11.5 Å². The number of carbonyl (C=O) groups excluding carboxylic acids is 1. The van der Waals surface area contributed by atoms with E-state index in [0.29, 0.717) is 11.3 Å². The van der Waals surface area contributed by atoms with Gasteiger partial charge >= 0.3 is 0 Å². The predicted octanol–water partition coefficient (Wildman–Crippen LogP) is 1.39. The molecule has 168 valence electrons. The largest absolute Gasteiger partial charge is 0.335 e. The molecule has 9 nitrogen and oxygen atoms in total. The summed E-state index contributed by atoms with van der Waals surface area (Å²) >= 11 is 0. The molecule has 1 aliphatic heterocycles. The van der Waals surface area contributed by atoms with Crippen LogP contribution in [0, 0.1) is 17.1 Å². The average Bonchev–Trinajstić information content (AvgIpc) is 2.84. The van der Waals surface area contributed by atoms with Gasteiger partial charge in [0.1, 0.15) is 11.5 Å². The van der Waals surface area contributed by atoms with Gasteiger partial charge in [-0.2, -0.15) is 19.3 Å². The molecule has 3 aromatic rings. The van der Waals surface area contributed by atoms with E-state index in [1.807, 2.05) is 6.07 Å². The van der Waals surface area contributed by atoms with E-state index in [-0.39, 0.29) is 36.8 Å². The highest BCUT2D eigenvalue weighted by Gasteiger charge is 2.31. The van der Waals surface area contributed by atoms with Gasteiger partial charge in [-0.1, -0.05) is 0 Å². The van der Waals surface area contributed by atoms with Crippen LogP contribution in [-0.4, -0.2) is 59.5 Å². The Morgan fingerprint density at radius 1 is 0.939 bits per heavy atom. The number of nitrogens with zero attached hydrogens (tertiary/aromatic N) is 5. The number of aromatic nitrogens is 2. The molecule has 11 heteroatoms. The number of nitriles is 1. The predicted molar refractivity (Wildman–Crippen MR) is 116 cm³/mol. The number of piperazine rings is 1. The van der Waals surface area contributed by atoms with E-state index < -0.39 is 27.3 Å². The maximum Gasteiger partial charge on any atom is 0.274 e. The van der Waals surface area contributed by atoms with E-state index in [9.17, 15) is 22.4 Å². The molecule has 4 rings (SSSR count). The van der Waals surface area contributed by atoms with Crippen LogP contribution in [0.15, 0.2) is 70.4 Å². The minimum Gasteiger partial charge on any atom is -0.335 e. The van der Waals surface area contributed by atoms with Gasteiger partial charge in [-0.3, -0.25) is 9.59 Å². The summed E-state index contributed by atoms with van der Waals surface area (Å²) in [6.45, 7) is 0.467. The number of amides is 1. The second kappa shape index (κ2) is 8.93. The van der Waals surface area contributed by atoms with Crippen molar-refractivity contribution in [3.05, 3.63) is 88.1 Å². The highest BCUT2D eigenvalue weighted by Crippen LogP contribution is 2.19. The van der Waals surface area contributed by atoms with Crippen LogP contribution in [0.3, 0.4) is 0 Å².